The highest BCUT2D eigenvalue weighted by atomic mass is 32.2. The van der Waals surface area contributed by atoms with Gasteiger partial charge in [-0.2, -0.15) is 0 Å². The van der Waals surface area contributed by atoms with Crippen molar-refractivity contribution in [2.75, 3.05) is 12.3 Å². The second kappa shape index (κ2) is 6.84. The van der Waals surface area contributed by atoms with Crippen LogP contribution in [0.2, 0.25) is 0 Å². The fourth-order valence-corrected chi connectivity index (χ4v) is 4.21. The third kappa shape index (κ3) is 3.30. The summed E-state index contributed by atoms with van der Waals surface area (Å²) in [5.74, 6) is 1.03. The van der Waals surface area contributed by atoms with Crippen molar-refractivity contribution in [3.63, 3.8) is 0 Å². The molecule has 142 valence electrons. The third-order valence-corrected chi connectivity index (χ3v) is 5.55. The lowest BCUT2D eigenvalue weighted by atomic mass is 10.1. The van der Waals surface area contributed by atoms with E-state index >= 15 is 0 Å². The Kier molecular flexibility index (Phi) is 4.18. The van der Waals surface area contributed by atoms with Gasteiger partial charge in [-0.25, -0.2) is 9.97 Å². The van der Waals surface area contributed by atoms with E-state index in [1.807, 2.05) is 36.4 Å². The molecule has 0 saturated heterocycles. The van der Waals surface area contributed by atoms with Gasteiger partial charge < -0.3 is 15.1 Å². The van der Waals surface area contributed by atoms with Gasteiger partial charge >= 0.3 is 0 Å². The minimum Gasteiger partial charge on any atom is -0.453 e. The van der Waals surface area contributed by atoms with Gasteiger partial charge in [-0.3, -0.25) is 14.7 Å². The summed E-state index contributed by atoms with van der Waals surface area (Å²) in [5, 5.41) is 1.57. The van der Waals surface area contributed by atoms with Crippen molar-refractivity contribution in [3.05, 3.63) is 63.8 Å². The van der Waals surface area contributed by atoms with Crippen LogP contribution in [0, 0.1) is 0 Å². The number of nitrogens with zero attached hydrogens (tertiary/aromatic N) is 3. The van der Waals surface area contributed by atoms with E-state index in [4.69, 9.17) is 10.2 Å². The number of hydrogen-bond acceptors (Lipinski definition) is 7. The Morgan fingerprint density at radius 2 is 2.07 bits per heavy atom. The maximum Gasteiger partial charge on any atom is 0.257 e. The molecule has 8 nitrogen and oxygen atoms in total. The van der Waals surface area contributed by atoms with E-state index in [0.29, 0.717) is 25.1 Å². The lowest BCUT2D eigenvalue weighted by Gasteiger charge is -2.26. The molecule has 3 aromatic heterocycles. The first kappa shape index (κ1) is 17.1. The number of aromatic amines is 2. The van der Waals surface area contributed by atoms with Crippen molar-refractivity contribution in [1.29, 1.82) is 0 Å². The Balaban J connectivity index is 1.28. The predicted molar refractivity (Wildman–Crippen MR) is 106 cm³/mol. The van der Waals surface area contributed by atoms with E-state index in [9.17, 15) is 4.79 Å². The number of H-pyrrole nitrogens is 2. The Hall–Kier alpha value is -3.04. The zero-order valence-electron chi connectivity index (χ0n) is 14.9. The molecule has 28 heavy (non-hydrogen) atoms. The first-order valence-corrected chi connectivity index (χ1v) is 9.77. The van der Waals surface area contributed by atoms with Crippen molar-refractivity contribution in [1.82, 2.24) is 24.8 Å². The Labute approximate surface area is 164 Å². The normalized spacial score (nSPS) is 14.4. The highest BCUT2D eigenvalue weighted by molar-refractivity contribution is 7.99. The van der Waals surface area contributed by atoms with Crippen LogP contribution in [-0.2, 0) is 19.5 Å². The monoisotopic (exact) mass is 394 g/mol. The number of aromatic nitrogens is 4. The predicted octanol–water partition coefficient (Wildman–Crippen LogP) is 2.53. The topological polar surface area (TPSA) is 117 Å². The summed E-state index contributed by atoms with van der Waals surface area (Å²) in [6, 6.07) is 11.8. The summed E-state index contributed by atoms with van der Waals surface area (Å²) in [6.07, 6.45) is 0.699. The van der Waals surface area contributed by atoms with Crippen molar-refractivity contribution >= 4 is 28.7 Å². The molecule has 1 aromatic carbocycles. The smallest absolute Gasteiger partial charge is 0.257 e. The minimum absolute atomic E-state index is 0.159. The molecule has 0 radical (unpaired) electrons. The number of anilines is 1. The molecule has 9 heteroatoms. The molecular formula is C19H18N6O2S. The fourth-order valence-electron chi connectivity index (χ4n) is 3.43. The highest BCUT2D eigenvalue weighted by Gasteiger charge is 2.22. The van der Waals surface area contributed by atoms with Crippen LogP contribution in [0.4, 0.5) is 5.95 Å². The van der Waals surface area contributed by atoms with Crippen molar-refractivity contribution in [3.8, 4) is 0 Å². The van der Waals surface area contributed by atoms with Crippen LogP contribution in [0.5, 0.6) is 0 Å². The standard InChI is InChI=1S/C19H18N6O2S/c20-18-21-13-7-8-25(10-12(13)17(26)24-18)9-11-5-6-16(27-11)28-19-22-14-3-1-2-4-15(14)23-19/h1-6H,7-10H2,(H,22,23)(H3,20,21,24,26). The number of nitrogens with one attached hydrogen (secondary N) is 2. The zero-order valence-corrected chi connectivity index (χ0v) is 15.8. The lowest BCUT2D eigenvalue weighted by Crippen LogP contribution is -2.35. The SMILES string of the molecule is Nc1nc2c(c(=O)[nH]1)CN(Cc1ccc(Sc3nc4ccccc4[nH]3)o1)CC2. The lowest BCUT2D eigenvalue weighted by molar-refractivity contribution is 0.217. The molecule has 0 bridgehead atoms. The van der Waals surface area contributed by atoms with Gasteiger partial charge in [0.1, 0.15) is 5.76 Å². The third-order valence-electron chi connectivity index (χ3n) is 4.75. The van der Waals surface area contributed by atoms with Gasteiger partial charge in [-0.05, 0) is 36.0 Å². The molecule has 0 atom stereocenters. The summed E-state index contributed by atoms with van der Waals surface area (Å²) in [4.78, 5) is 28.9. The number of furan rings is 1. The molecule has 0 unspecified atom stereocenters. The first-order chi connectivity index (χ1) is 13.6. The van der Waals surface area contributed by atoms with Crippen molar-refractivity contribution < 1.29 is 4.42 Å². The van der Waals surface area contributed by atoms with Crippen LogP contribution >= 0.6 is 11.8 Å². The maximum absolute atomic E-state index is 12.1. The van der Waals surface area contributed by atoms with Gasteiger partial charge in [0, 0.05) is 19.5 Å². The van der Waals surface area contributed by atoms with Gasteiger partial charge in [0.15, 0.2) is 10.2 Å². The molecule has 0 fully saturated rings. The van der Waals surface area contributed by atoms with Gasteiger partial charge in [0.25, 0.3) is 5.56 Å². The summed E-state index contributed by atoms with van der Waals surface area (Å²) in [5.41, 5.74) is 8.88. The first-order valence-electron chi connectivity index (χ1n) is 8.95. The van der Waals surface area contributed by atoms with E-state index < -0.39 is 0 Å². The van der Waals surface area contributed by atoms with Gasteiger partial charge in [-0.1, -0.05) is 12.1 Å². The molecule has 0 amide bonds. The number of fused-ring (bicyclic) bond motifs is 2. The summed E-state index contributed by atoms with van der Waals surface area (Å²) < 4.78 is 5.96. The van der Waals surface area contributed by atoms with Gasteiger partial charge in [-0.15, -0.1) is 0 Å². The number of benzene rings is 1. The number of nitrogens with two attached hydrogens (primary N) is 1. The van der Waals surface area contributed by atoms with Crippen LogP contribution in [0.25, 0.3) is 11.0 Å². The largest absolute Gasteiger partial charge is 0.453 e. The average Bonchev–Trinajstić information content (AvgIpc) is 3.28. The van der Waals surface area contributed by atoms with Gasteiger partial charge in [0.05, 0.1) is 28.8 Å². The van der Waals surface area contributed by atoms with E-state index in [0.717, 1.165) is 39.3 Å². The van der Waals surface area contributed by atoms with Crippen LogP contribution < -0.4 is 11.3 Å². The number of rotatable bonds is 4. The molecular weight excluding hydrogens is 376 g/mol. The van der Waals surface area contributed by atoms with Crippen LogP contribution in [-0.4, -0.2) is 31.4 Å². The van der Waals surface area contributed by atoms with E-state index in [2.05, 4.69) is 24.8 Å². The van der Waals surface area contributed by atoms with E-state index in [1.165, 1.54) is 11.8 Å². The molecule has 0 saturated carbocycles. The number of para-hydroxylation sites is 2. The second-order valence-corrected chi connectivity index (χ2v) is 7.71. The molecule has 0 aliphatic carbocycles. The van der Waals surface area contributed by atoms with Crippen molar-refractivity contribution in [2.24, 2.45) is 0 Å². The minimum atomic E-state index is -0.159. The molecule has 0 spiro atoms. The molecule has 5 rings (SSSR count). The molecule has 1 aliphatic heterocycles. The second-order valence-electron chi connectivity index (χ2n) is 6.72. The highest BCUT2D eigenvalue weighted by Crippen LogP contribution is 2.29. The average molecular weight is 394 g/mol. The Morgan fingerprint density at radius 1 is 1.18 bits per heavy atom. The maximum atomic E-state index is 12.1. The molecule has 4 N–H and O–H groups in total. The summed E-state index contributed by atoms with van der Waals surface area (Å²) in [7, 11) is 0. The van der Waals surface area contributed by atoms with Crippen LogP contribution in [0.1, 0.15) is 17.0 Å². The molecule has 1 aliphatic rings. The van der Waals surface area contributed by atoms with Crippen LogP contribution in [0.15, 0.2) is 55.9 Å². The number of imidazole rings is 1. The molecule has 4 aromatic rings. The number of hydrogen-bond donors (Lipinski definition) is 3. The fraction of sp³-hybridized carbons (Fsp3) is 0.211. The van der Waals surface area contributed by atoms with Gasteiger partial charge in [0.2, 0.25) is 5.95 Å². The zero-order chi connectivity index (χ0) is 19.1. The van der Waals surface area contributed by atoms with E-state index in [-0.39, 0.29) is 11.5 Å². The number of nitrogen functional groups attached to an aromatic ring is 1. The summed E-state index contributed by atoms with van der Waals surface area (Å²) >= 11 is 1.46. The quantitative estimate of drug-likeness (QED) is 0.487. The van der Waals surface area contributed by atoms with Crippen LogP contribution in [0.3, 0.4) is 0 Å². The summed E-state index contributed by atoms with van der Waals surface area (Å²) in [6.45, 7) is 1.96. The Morgan fingerprint density at radius 3 is 2.96 bits per heavy atom. The Bertz CT molecular complexity index is 1180. The van der Waals surface area contributed by atoms with Crippen molar-refractivity contribution in [2.45, 2.75) is 29.8 Å². The van der Waals surface area contributed by atoms with E-state index in [1.54, 1.807) is 0 Å². The molecule has 4 heterocycles.